The first-order valence-corrected chi connectivity index (χ1v) is 10.1. The third kappa shape index (κ3) is 1.84. The second kappa shape index (κ2) is 4.09. The van der Waals surface area contributed by atoms with E-state index in [1.165, 1.54) is 7.14 Å². The van der Waals surface area contributed by atoms with Gasteiger partial charge in [0.25, 0.3) is 0 Å². The molecule has 0 aliphatic heterocycles. The average Bonchev–Trinajstić information content (AvgIpc) is 2.77. The topological polar surface area (TPSA) is 0 Å². The van der Waals surface area contributed by atoms with Crippen LogP contribution in [0, 0.1) is 7.14 Å². The third-order valence-corrected chi connectivity index (χ3v) is 9.31. The zero-order valence-electron chi connectivity index (χ0n) is 6.04. The molecule has 0 saturated carbocycles. The van der Waals surface area contributed by atoms with Crippen LogP contribution in [0.15, 0.2) is 33.7 Å². The van der Waals surface area contributed by atoms with Crippen molar-refractivity contribution < 1.29 is 0 Å². The minimum atomic E-state index is -1.50. The van der Waals surface area contributed by atoms with Crippen LogP contribution in [-0.4, -0.2) is 0 Å². The summed E-state index contributed by atoms with van der Waals surface area (Å²) in [5.41, 5.74) is 0. The van der Waals surface area contributed by atoms with Gasteiger partial charge in [-0.05, 0) is 0 Å². The van der Waals surface area contributed by atoms with Crippen molar-refractivity contribution in [3.05, 3.63) is 40.8 Å². The monoisotopic (exact) mass is 328 g/mol. The molecule has 0 bridgehead atoms. The van der Waals surface area contributed by atoms with Crippen molar-refractivity contribution in [1.82, 2.24) is 0 Å². The molecule has 2 heterocycles. The van der Waals surface area contributed by atoms with Crippen LogP contribution < -0.4 is 0 Å². The van der Waals surface area contributed by atoms with Crippen molar-refractivity contribution >= 4 is 50.3 Å². The maximum atomic E-state index is 6.38. The summed E-state index contributed by atoms with van der Waals surface area (Å²) < 4.78 is 2.70. The van der Waals surface area contributed by atoms with E-state index in [1.807, 2.05) is 0 Å². The Morgan fingerprint density at radius 1 is 1.00 bits per heavy atom. The Kier molecular flexibility index (Phi) is 3.06. The molecule has 0 aliphatic rings. The van der Waals surface area contributed by atoms with Crippen molar-refractivity contribution in [2.24, 2.45) is 0 Å². The van der Waals surface area contributed by atoms with E-state index in [2.05, 4.69) is 33.7 Å². The molecule has 0 nitrogen and oxygen atoms in total. The summed E-state index contributed by atoms with van der Waals surface area (Å²) in [5, 5.41) is 8.51. The zero-order valence-corrected chi connectivity index (χ0v) is 10.6. The zero-order chi connectivity index (χ0) is 8.39. The molecule has 4 heteroatoms. The minimum absolute atomic E-state index is 1.35. The molecule has 0 N–H and O–H groups in total. The van der Waals surface area contributed by atoms with Gasteiger partial charge in [-0.3, -0.25) is 0 Å². The van der Waals surface area contributed by atoms with Crippen molar-refractivity contribution in [1.29, 1.82) is 0 Å². The Morgan fingerprint density at radius 3 is 1.83 bits per heavy atom. The fourth-order valence-corrected chi connectivity index (χ4v) is 8.40. The fraction of sp³-hybridized carbons (Fsp3) is 0. The second-order valence-corrected chi connectivity index (χ2v) is 9.44. The predicted octanol–water partition coefficient (Wildman–Crippen LogP) is 4.51. The first-order valence-electron chi connectivity index (χ1n) is 3.28. The molecule has 0 aromatic carbocycles. The molecule has 0 radical (unpaired) electrons. The number of rotatable bonds is 2. The Hall–Kier alpha value is 0.420. The van der Waals surface area contributed by atoms with Crippen LogP contribution in [0.25, 0.3) is 0 Å². The number of thiophene rings is 2. The Morgan fingerprint density at radius 2 is 1.50 bits per heavy atom. The summed E-state index contributed by atoms with van der Waals surface area (Å²) in [5.74, 6) is 0. The number of hydrogen-bond donors (Lipinski definition) is 0. The molecule has 0 spiro atoms. The summed E-state index contributed by atoms with van der Waals surface area (Å²) >= 11 is 1.94. The van der Waals surface area contributed by atoms with Crippen LogP contribution in [-0.2, 0) is 0 Å². The molecule has 2 aromatic rings. The van der Waals surface area contributed by atoms with E-state index in [0.717, 1.165) is 0 Å². The van der Waals surface area contributed by atoms with Gasteiger partial charge in [-0.25, -0.2) is 0 Å². The van der Waals surface area contributed by atoms with Crippen molar-refractivity contribution in [3.63, 3.8) is 0 Å². The van der Waals surface area contributed by atoms with E-state index in [4.69, 9.17) is 8.91 Å². The Labute approximate surface area is 90.3 Å². The Bertz CT molecular complexity index is 294. The van der Waals surface area contributed by atoms with Crippen LogP contribution in [0.2, 0.25) is 0 Å². The molecule has 12 heavy (non-hydrogen) atoms. The molecule has 0 saturated heterocycles. The van der Waals surface area contributed by atoms with Gasteiger partial charge in [0.15, 0.2) is 0 Å². The van der Waals surface area contributed by atoms with Gasteiger partial charge in [0.2, 0.25) is 0 Å². The van der Waals surface area contributed by atoms with Crippen LogP contribution in [0.4, 0.5) is 0 Å². The molecular weight excluding hydrogens is 323 g/mol. The van der Waals surface area contributed by atoms with E-state index < -0.39 is 18.7 Å². The van der Waals surface area contributed by atoms with Gasteiger partial charge in [-0.15, -0.1) is 0 Å². The number of hydrogen-bond acceptors (Lipinski definition) is 2. The summed E-state index contributed by atoms with van der Waals surface area (Å²) in [6.07, 6.45) is 0. The normalized spacial score (nSPS) is 11.6. The van der Waals surface area contributed by atoms with E-state index in [0.29, 0.717) is 0 Å². The van der Waals surface area contributed by atoms with Gasteiger partial charge in [0, 0.05) is 0 Å². The first kappa shape index (κ1) is 8.99. The third-order valence-electron chi connectivity index (χ3n) is 1.36. The van der Waals surface area contributed by atoms with Crippen molar-refractivity contribution in [2.45, 2.75) is 0 Å². The first-order chi connectivity index (χ1) is 5.88. The molecule has 0 amide bonds. The van der Waals surface area contributed by atoms with Crippen LogP contribution in [0.3, 0.4) is 0 Å². The van der Waals surface area contributed by atoms with Gasteiger partial charge in [0.1, 0.15) is 0 Å². The van der Waals surface area contributed by atoms with Crippen LogP contribution >= 0.6 is 50.3 Å². The van der Waals surface area contributed by atoms with E-state index in [-0.39, 0.29) is 0 Å². The average molecular weight is 329 g/mol. The molecule has 0 fully saturated rings. The van der Waals surface area contributed by atoms with Gasteiger partial charge in [-0.1, -0.05) is 0 Å². The van der Waals surface area contributed by atoms with Gasteiger partial charge in [-0.2, -0.15) is 0 Å². The SMILES string of the molecule is ClI(c1ccsc1)c1ccsc1. The van der Waals surface area contributed by atoms with Crippen LogP contribution in [0.1, 0.15) is 0 Å². The molecule has 2 rings (SSSR count). The van der Waals surface area contributed by atoms with Crippen molar-refractivity contribution in [3.8, 4) is 0 Å². The molecule has 64 valence electrons. The molecule has 0 aliphatic carbocycles. The standard InChI is InChI=1S/C8H6ClIS2/c9-10(7-1-3-11-5-7)8-2-4-12-6-8/h1-6H. The fourth-order valence-electron chi connectivity index (χ4n) is 0.811. The summed E-state index contributed by atoms with van der Waals surface area (Å²) in [7, 11) is 6.38. The Balaban J connectivity index is 2.27. The molecule has 0 unspecified atom stereocenters. The van der Waals surface area contributed by atoms with Gasteiger partial charge >= 0.3 is 91.1 Å². The summed E-state index contributed by atoms with van der Waals surface area (Å²) in [4.78, 5) is 0. The molecule has 2 aromatic heterocycles. The molecule has 0 atom stereocenters. The van der Waals surface area contributed by atoms with Gasteiger partial charge < -0.3 is 0 Å². The number of halogens is 2. The summed E-state index contributed by atoms with van der Waals surface area (Å²) in [6, 6.07) is 4.28. The van der Waals surface area contributed by atoms with Crippen molar-refractivity contribution in [2.75, 3.05) is 0 Å². The second-order valence-electron chi connectivity index (χ2n) is 2.12. The molecular formula is C8H6ClIS2. The van der Waals surface area contributed by atoms with E-state index in [9.17, 15) is 0 Å². The van der Waals surface area contributed by atoms with Gasteiger partial charge in [0.05, 0.1) is 0 Å². The van der Waals surface area contributed by atoms with Crippen LogP contribution in [0.5, 0.6) is 0 Å². The predicted molar refractivity (Wildman–Crippen MR) is 65.9 cm³/mol. The maximum absolute atomic E-state index is 6.38. The quantitative estimate of drug-likeness (QED) is 0.712. The summed E-state index contributed by atoms with van der Waals surface area (Å²) in [6.45, 7) is 0. The van der Waals surface area contributed by atoms with E-state index in [1.54, 1.807) is 22.7 Å². The van der Waals surface area contributed by atoms with E-state index >= 15 is 0 Å².